The van der Waals surface area contributed by atoms with Crippen molar-refractivity contribution in [2.45, 2.75) is 38.8 Å². The summed E-state index contributed by atoms with van der Waals surface area (Å²) in [5.41, 5.74) is 3.57. The van der Waals surface area contributed by atoms with Crippen molar-refractivity contribution in [1.29, 1.82) is 0 Å². The molecular weight excluding hydrogens is 528 g/mol. The summed E-state index contributed by atoms with van der Waals surface area (Å²) in [7, 11) is 1.37. The first-order valence-corrected chi connectivity index (χ1v) is 13.9. The first kappa shape index (κ1) is 28.6. The third-order valence-electron chi connectivity index (χ3n) is 6.80. The van der Waals surface area contributed by atoms with Crippen molar-refractivity contribution < 1.29 is 23.8 Å². The zero-order valence-electron chi connectivity index (χ0n) is 24.2. The summed E-state index contributed by atoms with van der Waals surface area (Å²) in [5, 5.41) is 6.02. The molecule has 1 aromatic heterocycles. The Morgan fingerprint density at radius 2 is 1.60 bits per heavy atom. The van der Waals surface area contributed by atoms with Gasteiger partial charge in [0.15, 0.2) is 0 Å². The van der Waals surface area contributed by atoms with Crippen molar-refractivity contribution in [3.63, 3.8) is 0 Å². The molecule has 1 heterocycles. The molecule has 1 atom stereocenters. The fourth-order valence-corrected chi connectivity index (χ4v) is 4.83. The van der Waals surface area contributed by atoms with Gasteiger partial charge in [0.2, 0.25) is 0 Å². The van der Waals surface area contributed by atoms with E-state index < -0.39 is 17.7 Å². The quantitative estimate of drug-likeness (QED) is 0.199. The lowest BCUT2D eigenvalue weighted by Gasteiger charge is -2.24. The molecule has 0 spiro atoms. The number of amides is 1. The summed E-state index contributed by atoms with van der Waals surface area (Å²) in [4.78, 5) is 29.3. The molecule has 0 aliphatic heterocycles. The van der Waals surface area contributed by atoms with E-state index in [1.165, 1.54) is 12.5 Å². The van der Waals surface area contributed by atoms with Crippen molar-refractivity contribution in [2.24, 2.45) is 0 Å². The van der Waals surface area contributed by atoms with E-state index in [4.69, 9.17) is 14.2 Å². The molecule has 1 amide bonds. The maximum Gasteiger partial charge on any atom is 0.408 e. The van der Waals surface area contributed by atoms with Crippen LogP contribution in [-0.2, 0) is 15.9 Å². The Labute approximate surface area is 245 Å². The van der Waals surface area contributed by atoms with E-state index in [1.807, 2.05) is 75.4 Å². The zero-order valence-corrected chi connectivity index (χ0v) is 24.2. The van der Waals surface area contributed by atoms with Gasteiger partial charge < -0.3 is 19.5 Å². The molecule has 0 fully saturated rings. The van der Waals surface area contributed by atoms with E-state index in [2.05, 4.69) is 40.6 Å². The molecule has 0 aliphatic rings. The number of methoxy groups -OCH3 is 1. The van der Waals surface area contributed by atoms with Crippen LogP contribution in [0, 0.1) is 0 Å². The number of carbonyl (C=O) groups is 2. The van der Waals surface area contributed by atoms with E-state index in [0.717, 1.165) is 33.0 Å². The second-order valence-electron chi connectivity index (χ2n) is 11.1. The molecule has 0 saturated heterocycles. The summed E-state index contributed by atoms with van der Waals surface area (Å²) in [6.07, 6.45) is 1.70. The second kappa shape index (κ2) is 12.3. The molecule has 1 N–H and O–H groups in total. The zero-order chi connectivity index (χ0) is 29.7. The number of hydrogen-bond donors (Lipinski definition) is 1. The Hall–Kier alpha value is -4.91. The fourth-order valence-electron chi connectivity index (χ4n) is 4.83. The number of nitrogens with zero attached hydrogens (tertiary/aromatic N) is 1. The molecule has 0 radical (unpaired) electrons. The van der Waals surface area contributed by atoms with Gasteiger partial charge in [0.05, 0.1) is 24.2 Å². The average Bonchev–Trinajstić information content (AvgIpc) is 2.98. The number of nitrogens with one attached hydrogen (secondary N) is 1. The van der Waals surface area contributed by atoms with E-state index in [0.29, 0.717) is 17.7 Å². The lowest BCUT2D eigenvalue weighted by atomic mass is 10.0. The Morgan fingerprint density at radius 1 is 0.857 bits per heavy atom. The number of esters is 1. The van der Waals surface area contributed by atoms with Crippen molar-refractivity contribution in [1.82, 2.24) is 10.3 Å². The van der Waals surface area contributed by atoms with Crippen LogP contribution in [0.2, 0.25) is 0 Å². The number of alkyl carbamates (subject to hydrolysis) is 1. The first-order valence-electron chi connectivity index (χ1n) is 13.9. The number of pyridine rings is 1. The van der Waals surface area contributed by atoms with Crippen molar-refractivity contribution in [2.75, 3.05) is 13.7 Å². The molecule has 7 heteroatoms. The predicted octanol–water partition coefficient (Wildman–Crippen LogP) is 7.36. The number of aromatic nitrogens is 1. The van der Waals surface area contributed by atoms with Crippen LogP contribution in [0.3, 0.4) is 0 Å². The highest BCUT2D eigenvalue weighted by Gasteiger charge is 2.21. The second-order valence-corrected chi connectivity index (χ2v) is 11.1. The largest absolute Gasteiger partial charge is 0.491 e. The Morgan fingerprint density at radius 3 is 2.33 bits per heavy atom. The Balaban J connectivity index is 1.31. The minimum absolute atomic E-state index is 0.259. The SMILES string of the molecule is COC(=O)c1ccnc2ccc(-c3ccc(OC[C@H](Cc4ccc5ccccc5c4)NC(=O)OC(C)(C)C)cc3)cc12. The van der Waals surface area contributed by atoms with Gasteiger partial charge in [-0.2, -0.15) is 0 Å². The van der Waals surface area contributed by atoms with Crippen LogP contribution >= 0.6 is 0 Å². The molecule has 4 aromatic carbocycles. The Bertz CT molecular complexity index is 1720. The summed E-state index contributed by atoms with van der Waals surface area (Å²) < 4.78 is 16.6. The van der Waals surface area contributed by atoms with Crippen molar-refractivity contribution >= 4 is 33.7 Å². The molecular formula is C35H34N2O5. The third kappa shape index (κ3) is 7.04. The maximum atomic E-state index is 12.6. The number of carbonyl (C=O) groups excluding carboxylic acids is 2. The smallest absolute Gasteiger partial charge is 0.408 e. The molecule has 0 saturated carbocycles. The van der Waals surface area contributed by atoms with Crippen LogP contribution in [0.1, 0.15) is 36.7 Å². The van der Waals surface area contributed by atoms with Gasteiger partial charge in [0.1, 0.15) is 18.0 Å². The molecule has 0 aliphatic carbocycles. The number of fused-ring (bicyclic) bond motifs is 2. The van der Waals surface area contributed by atoms with Crippen LogP contribution in [0.4, 0.5) is 4.79 Å². The number of benzene rings is 4. The molecule has 7 nitrogen and oxygen atoms in total. The van der Waals surface area contributed by atoms with Crippen LogP contribution in [-0.4, -0.2) is 42.4 Å². The highest BCUT2D eigenvalue weighted by atomic mass is 16.6. The molecule has 0 unspecified atom stereocenters. The average molecular weight is 563 g/mol. The summed E-state index contributed by atoms with van der Waals surface area (Å²) >= 11 is 0. The minimum atomic E-state index is -0.606. The highest BCUT2D eigenvalue weighted by molar-refractivity contribution is 6.04. The summed E-state index contributed by atoms with van der Waals surface area (Å²) in [6.45, 7) is 5.78. The van der Waals surface area contributed by atoms with Crippen LogP contribution < -0.4 is 10.1 Å². The minimum Gasteiger partial charge on any atom is -0.491 e. The van der Waals surface area contributed by atoms with Gasteiger partial charge in [-0.25, -0.2) is 9.59 Å². The van der Waals surface area contributed by atoms with Crippen LogP contribution in [0.25, 0.3) is 32.8 Å². The van der Waals surface area contributed by atoms with Gasteiger partial charge in [-0.05, 0) is 85.0 Å². The number of ether oxygens (including phenoxy) is 3. The van der Waals surface area contributed by atoms with Crippen LogP contribution in [0.15, 0.2) is 97.2 Å². The topological polar surface area (TPSA) is 86.8 Å². The molecule has 5 aromatic rings. The van der Waals surface area contributed by atoms with Gasteiger partial charge in [0.25, 0.3) is 0 Å². The summed E-state index contributed by atoms with van der Waals surface area (Å²) in [5.74, 6) is 0.271. The molecule has 42 heavy (non-hydrogen) atoms. The monoisotopic (exact) mass is 562 g/mol. The number of hydrogen-bond acceptors (Lipinski definition) is 6. The van der Waals surface area contributed by atoms with E-state index in [-0.39, 0.29) is 12.6 Å². The summed E-state index contributed by atoms with van der Waals surface area (Å²) in [6, 6.07) is 29.4. The fraction of sp³-hybridized carbons (Fsp3) is 0.229. The molecule has 0 bridgehead atoms. The van der Waals surface area contributed by atoms with Crippen molar-refractivity contribution in [3.05, 3.63) is 108 Å². The van der Waals surface area contributed by atoms with Gasteiger partial charge in [-0.3, -0.25) is 4.98 Å². The lowest BCUT2D eigenvalue weighted by Crippen LogP contribution is -2.43. The van der Waals surface area contributed by atoms with Crippen molar-refractivity contribution in [3.8, 4) is 16.9 Å². The van der Waals surface area contributed by atoms with Gasteiger partial charge in [-0.1, -0.05) is 60.7 Å². The number of rotatable bonds is 8. The highest BCUT2D eigenvalue weighted by Crippen LogP contribution is 2.28. The Kier molecular flexibility index (Phi) is 8.38. The van der Waals surface area contributed by atoms with E-state index >= 15 is 0 Å². The molecule has 5 rings (SSSR count). The van der Waals surface area contributed by atoms with E-state index in [1.54, 1.807) is 12.3 Å². The molecule has 214 valence electrons. The predicted molar refractivity (Wildman–Crippen MR) is 165 cm³/mol. The van der Waals surface area contributed by atoms with Crippen LogP contribution in [0.5, 0.6) is 5.75 Å². The normalized spacial score (nSPS) is 12.1. The maximum absolute atomic E-state index is 12.6. The van der Waals surface area contributed by atoms with Gasteiger partial charge in [0, 0.05) is 11.6 Å². The first-order chi connectivity index (χ1) is 20.2. The third-order valence-corrected chi connectivity index (χ3v) is 6.80. The van der Waals surface area contributed by atoms with Gasteiger partial charge in [-0.15, -0.1) is 0 Å². The standard InChI is InChI=1S/C35H34N2O5/c1-35(2,3)42-34(39)37-28(20-23-9-10-24-7-5-6-8-26(24)19-23)22-41-29-14-11-25(12-15-29)27-13-16-32-31(21-27)30(17-18-36-32)33(38)40-4/h5-19,21,28H,20,22H2,1-4H3,(H,37,39)/t28-/m0/s1. The van der Waals surface area contributed by atoms with Gasteiger partial charge >= 0.3 is 12.1 Å². The van der Waals surface area contributed by atoms with E-state index in [9.17, 15) is 9.59 Å². The lowest BCUT2D eigenvalue weighted by molar-refractivity contribution is 0.0487.